The highest BCUT2D eigenvalue weighted by Gasteiger charge is 2.41. The molecule has 7 heteroatoms. The number of aryl methyl sites for hydroxylation is 1. The Labute approximate surface area is 126 Å². The maximum Gasteiger partial charge on any atom is 0.404 e. The molecular formula is C15H17F3N4. The maximum absolute atomic E-state index is 13.3. The van der Waals surface area contributed by atoms with Gasteiger partial charge in [0.15, 0.2) is 0 Å². The summed E-state index contributed by atoms with van der Waals surface area (Å²) in [6.07, 6.45) is 2.36. The van der Waals surface area contributed by atoms with Crippen molar-refractivity contribution in [3.63, 3.8) is 0 Å². The van der Waals surface area contributed by atoms with E-state index in [1.807, 2.05) is 0 Å². The molecule has 2 N–H and O–H groups in total. The van der Waals surface area contributed by atoms with E-state index >= 15 is 0 Å². The Morgan fingerprint density at radius 1 is 1.32 bits per heavy atom. The molecule has 1 aliphatic rings. The number of alkyl halides is 3. The molecule has 0 radical (unpaired) electrons. The lowest BCUT2D eigenvalue weighted by molar-refractivity contribution is -0.157. The SMILES string of the molecule is FC(F)(F)[C@@H](Cc1ccncc1)N[C@H]1CCc2[nH]ncc2C1. The van der Waals surface area contributed by atoms with Gasteiger partial charge < -0.3 is 5.32 Å². The molecule has 2 heterocycles. The number of nitrogens with one attached hydrogen (secondary N) is 2. The lowest BCUT2D eigenvalue weighted by atomic mass is 9.92. The van der Waals surface area contributed by atoms with Gasteiger partial charge in [-0.1, -0.05) is 0 Å². The average molecular weight is 310 g/mol. The zero-order chi connectivity index (χ0) is 15.6. The van der Waals surface area contributed by atoms with Crippen molar-refractivity contribution in [2.45, 2.75) is 43.9 Å². The molecular weight excluding hydrogens is 293 g/mol. The molecule has 3 rings (SSSR count). The van der Waals surface area contributed by atoms with Crippen LogP contribution in [0.4, 0.5) is 13.2 Å². The molecule has 0 saturated carbocycles. The second-order valence-electron chi connectivity index (χ2n) is 5.63. The Kier molecular flexibility index (Phi) is 4.15. The first kappa shape index (κ1) is 15.0. The number of pyridine rings is 1. The zero-order valence-electron chi connectivity index (χ0n) is 11.9. The molecule has 22 heavy (non-hydrogen) atoms. The smallest absolute Gasteiger partial charge is 0.303 e. The van der Waals surface area contributed by atoms with Crippen LogP contribution in [-0.2, 0) is 19.3 Å². The number of fused-ring (bicyclic) bond motifs is 1. The summed E-state index contributed by atoms with van der Waals surface area (Å²) in [4.78, 5) is 3.84. The van der Waals surface area contributed by atoms with Crippen molar-refractivity contribution < 1.29 is 13.2 Å². The van der Waals surface area contributed by atoms with E-state index in [1.165, 1.54) is 12.4 Å². The van der Waals surface area contributed by atoms with E-state index in [0.29, 0.717) is 18.4 Å². The summed E-state index contributed by atoms with van der Waals surface area (Å²) in [5.74, 6) is 0. The molecule has 2 aromatic heterocycles. The van der Waals surface area contributed by atoms with Gasteiger partial charge in [0.1, 0.15) is 6.04 Å². The van der Waals surface area contributed by atoms with Crippen molar-refractivity contribution in [2.24, 2.45) is 0 Å². The minimum Gasteiger partial charge on any atom is -0.303 e. The van der Waals surface area contributed by atoms with E-state index in [0.717, 1.165) is 17.7 Å². The van der Waals surface area contributed by atoms with E-state index in [4.69, 9.17) is 0 Å². The Hall–Kier alpha value is -1.89. The van der Waals surface area contributed by atoms with Gasteiger partial charge in [-0.15, -0.1) is 0 Å². The van der Waals surface area contributed by atoms with Crippen LogP contribution in [0.5, 0.6) is 0 Å². The number of hydrogen-bond acceptors (Lipinski definition) is 3. The summed E-state index contributed by atoms with van der Waals surface area (Å²) in [5, 5.41) is 9.63. The van der Waals surface area contributed by atoms with Crippen LogP contribution >= 0.6 is 0 Å². The first-order chi connectivity index (χ1) is 10.5. The van der Waals surface area contributed by atoms with E-state index < -0.39 is 12.2 Å². The van der Waals surface area contributed by atoms with Gasteiger partial charge in [0.05, 0.1) is 6.20 Å². The number of nitrogens with zero attached hydrogens (tertiary/aromatic N) is 2. The van der Waals surface area contributed by atoms with E-state index in [2.05, 4.69) is 20.5 Å². The van der Waals surface area contributed by atoms with Crippen LogP contribution in [0.1, 0.15) is 23.2 Å². The van der Waals surface area contributed by atoms with E-state index in [-0.39, 0.29) is 12.5 Å². The molecule has 0 bridgehead atoms. The van der Waals surface area contributed by atoms with Crippen LogP contribution in [0.2, 0.25) is 0 Å². The predicted octanol–water partition coefficient (Wildman–Crippen LogP) is 2.43. The summed E-state index contributed by atoms with van der Waals surface area (Å²) in [7, 11) is 0. The summed E-state index contributed by atoms with van der Waals surface area (Å²) in [5.41, 5.74) is 2.67. The summed E-state index contributed by atoms with van der Waals surface area (Å²) in [6, 6.07) is 1.51. The summed E-state index contributed by atoms with van der Waals surface area (Å²) < 4.78 is 39.9. The van der Waals surface area contributed by atoms with Gasteiger partial charge in [-0.3, -0.25) is 10.1 Å². The number of halogens is 3. The standard InChI is InChI=1S/C15H17F3N4/c16-15(17,18)14(7-10-3-5-19-6-4-10)21-12-1-2-13-11(8-12)9-20-22-13/h3-6,9,12,14,21H,1-2,7-8H2,(H,20,22)/t12-,14+/m0/s1. The quantitative estimate of drug-likeness (QED) is 0.912. The first-order valence-electron chi connectivity index (χ1n) is 7.25. The minimum atomic E-state index is -4.28. The molecule has 4 nitrogen and oxygen atoms in total. The third-order valence-electron chi connectivity index (χ3n) is 4.04. The zero-order valence-corrected chi connectivity index (χ0v) is 11.9. The van der Waals surface area contributed by atoms with Crippen LogP contribution in [0.25, 0.3) is 0 Å². The van der Waals surface area contributed by atoms with Crippen molar-refractivity contribution >= 4 is 0 Å². The van der Waals surface area contributed by atoms with Gasteiger partial charge in [0.25, 0.3) is 0 Å². The second kappa shape index (κ2) is 6.08. The van der Waals surface area contributed by atoms with E-state index in [9.17, 15) is 13.2 Å². The monoisotopic (exact) mass is 310 g/mol. The van der Waals surface area contributed by atoms with Gasteiger partial charge in [-0.25, -0.2) is 0 Å². The number of rotatable bonds is 4. The van der Waals surface area contributed by atoms with Crippen molar-refractivity contribution in [2.75, 3.05) is 0 Å². The molecule has 0 saturated heterocycles. The maximum atomic E-state index is 13.3. The largest absolute Gasteiger partial charge is 0.404 e. The molecule has 0 fully saturated rings. The number of hydrogen-bond donors (Lipinski definition) is 2. The molecule has 0 aromatic carbocycles. The van der Waals surface area contributed by atoms with Gasteiger partial charge in [-0.05, 0) is 48.9 Å². The van der Waals surface area contributed by atoms with Crippen LogP contribution in [-0.4, -0.2) is 33.4 Å². The molecule has 0 aliphatic heterocycles. The molecule has 0 spiro atoms. The summed E-state index contributed by atoms with van der Waals surface area (Å²) in [6.45, 7) is 0. The fourth-order valence-electron chi connectivity index (χ4n) is 2.87. The Balaban J connectivity index is 1.69. The molecule has 0 amide bonds. The minimum absolute atomic E-state index is 0.0826. The predicted molar refractivity (Wildman–Crippen MR) is 75.3 cm³/mol. The normalized spacial score (nSPS) is 19.7. The van der Waals surface area contributed by atoms with Crippen molar-refractivity contribution in [1.29, 1.82) is 0 Å². The molecule has 1 aliphatic carbocycles. The van der Waals surface area contributed by atoms with Crippen molar-refractivity contribution in [1.82, 2.24) is 20.5 Å². The van der Waals surface area contributed by atoms with Crippen LogP contribution in [0, 0.1) is 0 Å². The Morgan fingerprint density at radius 3 is 2.82 bits per heavy atom. The number of aromatic nitrogens is 3. The molecule has 0 unspecified atom stereocenters. The van der Waals surface area contributed by atoms with Crippen LogP contribution in [0.3, 0.4) is 0 Å². The van der Waals surface area contributed by atoms with Gasteiger partial charge >= 0.3 is 6.18 Å². The average Bonchev–Trinajstić information content (AvgIpc) is 2.94. The fourth-order valence-corrected chi connectivity index (χ4v) is 2.87. The highest BCUT2D eigenvalue weighted by molar-refractivity contribution is 5.21. The lowest BCUT2D eigenvalue weighted by Gasteiger charge is -2.29. The van der Waals surface area contributed by atoms with Crippen molar-refractivity contribution in [3.8, 4) is 0 Å². The van der Waals surface area contributed by atoms with Crippen molar-refractivity contribution in [3.05, 3.63) is 47.5 Å². The number of H-pyrrole nitrogens is 1. The Morgan fingerprint density at radius 2 is 2.09 bits per heavy atom. The number of aromatic amines is 1. The van der Waals surface area contributed by atoms with E-state index in [1.54, 1.807) is 18.3 Å². The van der Waals surface area contributed by atoms with Crippen LogP contribution < -0.4 is 5.32 Å². The second-order valence-corrected chi connectivity index (χ2v) is 5.63. The fraction of sp³-hybridized carbons (Fsp3) is 0.467. The topological polar surface area (TPSA) is 53.6 Å². The molecule has 2 aromatic rings. The first-order valence-corrected chi connectivity index (χ1v) is 7.25. The van der Waals surface area contributed by atoms with Gasteiger partial charge in [-0.2, -0.15) is 18.3 Å². The highest BCUT2D eigenvalue weighted by atomic mass is 19.4. The summed E-state index contributed by atoms with van der Waals surface area (Å²) >= 11 is 0. The molecule has 2 atom stereocenters. The highest BCUT2D eigenvalue weighted by Crippen LogP contribution is 2.26. The third-order valence-corrected chi connectivity index (χ3v) is 4.04. The molecule has 118 valence electrons. The van der Waals surface area contributed by atoms with Crippen LogP contribution in [0.15, 0.2) is 30.7 Å². The third kappa shape index (κ3) is 3.47. The van der Waals surface area contributed by atoms with Gasteiger partial charge in [0.2, 0.25) is 0 Å². The lowest BCUT2D eigenvalue weighted by Crippen LogP contribution is -2.50. The Bertz CT molecular complexity index is 609. The van der Waals surface area contributed by atoms with Gasteiger partial charge in [0, 0.05) is 24.1 Å².